The number of rotatable bonds is 21. The summed E-state index contributed by atoms with van der Waals surface area (Å²) in [5.41, 5.74) is 10.6. The first-order valence-corrected chi connectivity index (χ1v) is 16.1. The molecule has 1 atom stereocenters. The minimum Gasteiger partial charge on any atom is -0.103 e. The largest absolute Gasteiger partial charge is 0.103 e. The van der Waals surface area contributed by atoms with Crippen molar-refractivity contribution in [2.45, 2.75) is 153 Å². The lowest BCUT2D eigenvalue weighted by molar-refractivity contribution is 0.400. The van der Waals surface area contributed by atoms with E-state index in [0.717, 1.165) is 44.9 Å². The van der Waals surface area contributed by atoms with Crippen molar-refractivity contribution in [1.82, 2.24) is 0 Å². The summed E-state index contributed by atoms with van der Waals surface area (Å²) in [4.78, 5) is 0. The Hall–Kier alpha value is -2.08. The predicted octanol–water partition coefficient (Wildman–Crippen LogP) is 13.9. The molecule has 0 nitrogen and oxygen atoms in total. The minimum atomic E-state index is 0.168. The molecular weight excluding hydrogens is 480 g/mol. The van der Waals surface area contributed by atoms with Gasteiger partial charge in [0.25, 0.3) is 0 Å². The molecule has 0 bridgehead atoms. The first kappa shape index (κ1) is 37.9. The van der Waals surface area contributed by atoms with Gasteiger partial charge in [0.2, 0.25) is 0 Å². The summed E-state index contributed by atoms with van der Waals surface area (Å²) in [5.74, 6) is 0. The third-order valence-electron chi connectivity index (χ3n) is 7.89. The van der Waals surface area contributed by atoms with Gasteiger partial charge in [0.15, 0.2) is 0 Å². The van der Waals surface area contributed by atoms with Gasteiger partial charge in [0, 0.05) is 0 Å². The van der Waals surface area contributed by atoms with E-state index < -0.39 is 0 Å². The van der Waals surface area contributed by atoms with Crippen molar-refractivity contribution in [3.8, 4) is 0 Å². The maximum absolute atomic E-state index is 4.18. The fourth-order valence-corrected chi connectivity index (χ4v) is 4.67. The van der Waals surface area contributed by atoms with Gasteiger partial charge in [-0.3, -0.25) is 0 Å². The summed E-state index contributed by atoms with van der Waals surface area (Å²) in [7, 11) is 0. The molecule has 0 saturated carbocycles. The highest BCUT2D eigenvalue weighted by molar-refractivity contribution is 5.10. The molecule has 0 spiro atoms. The smallest absolute Gasteiger partial charge is 0.0112 e. The van der Waals surface area contributed by atoms with E-state index in [1.54, 1.807) is 0 Å². The quantitative estimate of drug-likeness (QED) is 0.126. The van der Waals surface area contributed by atoms with Gasteiger partial charge < -0.3 is 0 Å². The van der Waals surface area contributed by atoms with Gasteiger partial charge in [-0.2, -0.15) is 0 Å². The zero-order valence-corrected chi connectivity index (χ0v) is 28.5. The van der Waals surface area contributed by atoms with Crippen LogP contribution in [0.15, 0.2) is 94.2 Å². The number of hydrogen-bond donors (Lipinski definition) is 0. The van der Waals surface area contributed by atoms with E-state index in [1.807, 2.05) is 0 Å². The van der Waals surface area contributed by atoms with Crippen LogP contribution in [0.25, 0.3) is 0 Å². The van der Waals surface area contributed by atoms with Crippen LogP contribution >= 0.6 is 0 Å². The summed E-state index contributed by atoms with van der Waals surface area (Å²) < 4.78 is 0. The van der Waals surface area contributed by atoms with Crippen LogP contribution in [-0.4, -0.2) is 0 Å². The van der Waals surface area contributed by atoms with Gasteiger partial charge in [0.1, 0.15) is 0 Å². The molecule has 0 N–H and O–H groups in total. The standard InChI is InChI=1S/C40H66/c1-12-40(11,31-18-29-38(9)27-16-24-36(7)22-14-20-34(4)5)32-30-39(10)28-17-26-37(8)25-15-23-35(6)21-13-19-33(2)3/h12,19-20,23-24,26,29-30H,1,13-18,21-22,25,27-28,31-32H2,2-11H3/b35-23+,36-24+,37-26+,38-29+,39-30+. The van der Waals surface area contributed by atoms with Crippen LogP contribution in [0.5, 0.6) is 0 Å². The molecule has 0 aliphatic heterocycles. The summed E-state index contributed by atoms with van der Waals surface area (Å²) >= 11 is 0. The van der Waals surface area contributed by atoms with Crippen LogP contribution in [0.2, 0.25) is 0 Å². The van der Waals surface area contributed by atoms with Crippen molar-refractivity contribution >= 4 is 0 Å². The second-order valence-corrected chi connectivity index (χ2v) is 13.1. The first-order chi connectivity index (χ1) is 18.9. The Morgan fingerprint density at radius 2 is 0.750 bits per heavy atom. The molecule has 0 aliphatic rings. The highest BCUT2D eigenvalue weighted by Gasteiger charge is 2.17. The molecule has 226 valence electrons. The molecular formula is C40H66. The van der Waals surface area contributed by atoms with Crippen LogP contribution in [0, 0.1) is 5.41 Å². The monoisotopic (exact) mass is 547 g/mol. The van der Waals surface area contributed by atoms with Crippen molar-refractivity contribution in [2.75, 3.05) is 0 Å². The third-order valence-corrected chi connectivity index (χ3v) is 7.89. The Labute approximate surface area is 251 Å². The molecule has 0 rings (SSSR count). The zero-order chi connectivity index (χ0) is 30.4. The van der Waals surface area contributed by atoms with E-state index in [2.05, 4.69) is 124 Å². The normalized spacial score (nSPS) is 15.1. The van der Waals surface area contributed by atoms with Crippen LogP contribution < -0.4 is 0 Å². The summed E-state index contributed by atoms with van der Waals surface area (Å²) in [5, 5.41) is 0. The molecule has 1 unspecified atom stereocenters. The highest BCUT2D eigenvalue weighted by atomic mass is 14.2. The second-order valence-electron chi connectivity index (χ2n) is 13.1. The lowest BCUT2D eigenvalue weighted by Gasteiger charge is -2.24. The van der Waals surface area contributed by atoms with Gasteiger partial charge >= 0.3 is 0 Å². The second kappa shape index (κ2) is 22.6. The number of hydrogen-bond acceptors (Lipinski definition) is 0. The fourth-order valence-electron chi connectivity index (χ4n) is 4.67. The van der Waals surface area contributed by atoms with E-state index in [4.69, 9.17) is 0 Å². The molecule has 0 heteroatoms. The van der Waals surface area contributed by atoms with Crippen molar-refractivity contribution in [2.24, 2.45) is 5.41 Å². The lowest BCUT2D eigenvalue weighted by Crippen LogP contribution is -2.11. The summed E-state index contributed by atoms with van der Waals surface area (Å²) in [6.45, 7) is 26.7. The molecule has 0 aliphatic carbocycles. The molecule has 40 heavy (non-hydrogen) atoms. The Bertz CT molecular complexity index is 929. The predicted molar refractivity (Wildman–Crippen MR) is 186 cm³/mol. The van der Waals surface area contributed by atoms with Crippen LogP contribution in [0.3, 0.4) is 0 Å². The summed E-state index contributed by atoms with van der Waals surface area (Å²) in [6, 6.07) is 0. The molecule has 0 amide bonds. The van der Waals surface area contributed by atoms with Crippen molar-refractivity contribution in [1.29, 1.82) is 0 Å². The van der Waals surface area contributed by atoms with Gasteiger partial charge in [0.05, 0.1) is 0 Å². The maximum atomic E-state index is 4.18. The Morgan fingerprint density at radius 3 is 1.07 bits per heavy atom. The van der Waals surface area contributed by atoms with Gasteiger partial charge in [-0.05, 0) is 151 Å². The lowest BCUT2D eigenvalue weighted by atomic mass is 9.81. The van der Waals surface area contributed by atoms with Gasteiger partial charge in [-0.15, -0.1) is 6.58 Å². The number of allylic oxidation sites excluding steroid dienone is 15. The highest BCUT2D eigenvalue weighted by Crippen LogP contribution is 2.31. The topological polar surface area (TPSA) is 0 Å². The molecule has 0 aromatic rings. The molecule has 0 radical (unpaired) electrons. The average molecular weight is 547 g/mol. The van der Waals surface area contributed by atoms with E-state index in [1.165, 1.54) is 77.5 Å². The van der Waals surface area contributed by atoms with E-state index in [0.29, 0.717) is 0 Å². The molecule has 0 fully saturated rings. The molecule has 0 aromatic heterocycles. The maximum Gasteiger partial charge on any atom is -0.0112 e. The van der Waals surface area contributed by atoms with Crippen LogP contribution in [0.4, 0.5) is 0 Å². The Morgan fingerprint density at radius 1 is 0.450 bits per heavy atom. The molecule has 0 aromatic carbocycles. The van der Waals surface area contributed by atoms with Gasteiger partial charge in [-0.25, -0.2) is 0 Å². The van der Waals surface area contributed by atoms with Crippen LogP contribution in [0.1, 0.15) is 153 Å². The zero-order valence-electron chi connectivity index (χ0n) is 28.5. The first-order valence-electron chi connectivity index (χ1n) is 16.1. The average Bonchev–Trinajstić information content (AvgIpc) is 2.87. The molecule has 0 saturated heterocycles. The Kier molecular flexibility index (Phi) is 21.4. The van der Waals surface area contributed by atoms with E-state index in [9.17, 15) is 0 Å². The SMILES string of the molecule is C=CC(C)(C/C=C(\C)CC/C=C(\C)CC/C=C(\C)CCC=C(C)C)CC/C=C(\C)CC/C=C(\C)CCC=C(C)C. The minimum absolute atomic E-state index is 0.168. The van der Waals surface area contributed by atoms with Gasteiger partial charge in [-0.1, -0.05) is 94.5 Å². The van der Waals surface area contributed by atoms with E-state index in [-0.39, 0.29) is 5.41 Å². The van der Waals surface area contributed by atoms with Crippen molar-refractivity contribution in [3.63, 3.8) is 0 Å². The molecule has 0 heterocycles. The van der Waals surface area contributed by atoms with Crippen LogP contribution in [-0.2, 0) is 0 Å². The van der Waals surface area contributed by atoms with Crippen molar-refractivity contribution in [3.05, 3.63) is 94.2 Å². The van der Waals surface area contributed by atoms with Crippen molar-refractivity contribution < 1.29 is 0 Å². The van der Waals surface area contributed by atoms with E-state index >= 15 is 0 Å². The summed E-state index contributed by atoms with van der Waals surface area (Å²) in [6.07, 6.45) is 34.1. The third kappa shape index (κ3) is 22.7. The fraction of sp³-hybridized carbons (Fsp3) is 0.600. The Balaban J connectivity index is 4.47.